The van der Waals surface area contributed by atoms with Crippen molar-refractivity contribution in [1.82, 2.24) is 0 Å². The Morgan fingerprint density at radius 1 is 1.10 bits per heavy atom. The summed E-state index contributed by atoms with van der Waals surface area (Å²) in [5.41, 5.74) is 14.7. The molecule has 5 N–H and O–H groups in total. The minimum atomic E-state index is -0.424. The Kier molecular flexibility index (Phi) is 3.16. The zero-order valence-electron chi connectivity index (χ0n) is 11.0. The van der Waals surface area contributed by atoms with E-state index in [0.29, 0.717) is 17.5 Å². The fourth-order valence-electron chi connectivity index (χ4n) is 2.33. The first kappa shape index (κ1) is 12.7. The summed E-state index contributed by atoms with van der Waals surface area (Å²) in [6, 6.07) is 15.7. The van der Waals surface area contributed by atoms with E-state index < -0.39 is 5.91 Å². The number of nitrogens with one attached hydrogen (secondary N) is 1. The normalized spacial score (nSPS) is 20.4. The van der Waals surface area contributed by atoms with E-state index in [2.05, 4.69) is 17.4 Å². The highest BCUT2D eigenvalue weighted by Crippen LogP contribution is 2.39. The molecule has 0 radical (unpaired) electrons. The smallest absolute Gasteiger partial charge is 0.248 e. The van der Waals surface area contributed by atoms with Crippen LogP contribution in [0.15, 0.2) is 48.5 Å². The van der Waals surface area contributed by atoms with E-state index >= 15 is 0 Å². The van der Waals surface area contributed by atoms with Crippen LogP contribution < -0.4 is 16.8 Å². The molecule has 0 unspecified atom stereocenters. The highest BCUT2D eigenvalue weighted by atomic mass is 16.1. The lowest BCUT2D eigenvalue weighted by atomic mass is 10.1. The lowest BCUT2D eigenvalue weighted by Crippen LogP contribution is -2.10. The second kappa shape index (κ2) is 4.98. The second-order valence-corrected chi connectivity index (χ2v) is 5.20. The lowest BCUT2D eigenvalue weighted by molar-refractivity contribution is 0.100. The lowest BCUT2D eigenvalue weighted by Gasteiger charge is -2.08. The average Bonchev–Trinajstić information content (AvgIpc) is 3.17. The minimum absolute atomic E-state index is 0.320. The molecular formula is C16H17N3O. The predicted octanol–water partition coefficient (Wildman–Crippen LogP) is 2.34. The number of anilines is 2. The van der Waals surface area contributed by atoms with Crippen molar-refractivity contribution in [2.45, 2.75) is 18.4 Å². The first-order valence-electron chi connectivity index (χ1n) is 6.66. The molecule has 2 aromatic carbocycles. The maximum absolute atomic E-state index is 11.1. The second-order valence-electron chi connectivity index (χ2n) is 5.20. The highest BCUT2D eigenvalue weighted by molar-refractivity contribution is 5.93. The van der Waals surface area contributed by atoms with Crippen LogP contribution in [-0.2, 0) is 0 Å². The Labute approximate surface area is 117 Å². The number of rotatable bonds is 4. The number of hydrogen-bond acceptors (Lipinski definition) is 3. The van der Waals surface area contributed by atoms with Gasteiger partial charge >= 0.3 is 0 Å². The average molecular weight is 267 g/mol. The van der Waals surface area contributed by atoms with Gasteiger partial charge in [0.2, 0.25) is 5.91 Å². The Hall–Kier alpha value is -2.33. The Morgan fingerprint density at radius 2 is 1.80 bits per heavy atom. The summed E-state index contributed by atoms with van der Waals surface area (Å²) in [5.74, 6) is 0.0916. The molecule has 20 heavy (non-hydrogen) atoms. The summed E-state index contributed by atoms with van der Waals surface area (Å²) in [4.78, 5) is 11.1. The summed E-state index contributed by atoms with van der Waals surface area (Å²) in [7, 11) is 0. The quantitative estimate of drug-likeness (QED) is 0.795. The molecule has 1 aliphatic carbocycles. The zero-order chi connectivity index (χ0) is 14.1. The highest BCUT2D eigenvalue weighted by Gasteiger charge is 2.34. The minimum Gasteiger partial charge on any atom is -0.366 e. The topological polar surface area (TPSA) is 81.1 Å². The molecule has 0 saturated heterocycles. The maximum Gasteiger partial charge on any atom is 0.248 e. The summed E-state index contributed by atoms with van der Waals surface area (Å²) < 4.78 is 0. The van der Waals surface area contributed by atoms with Crippen molar-refractivity contribution in [2.24, 2.45) is 11.5 Å². The molecule has 2 aromatic rings. The van der Waals surface area contributed by atoms with Crippen LogP contribution in [0, 0.1) is 0 Å². The SMILES string of the molecule is NC(=O)c1cccc(Nc2ccc([C@H]3C[C@@H]3N)cc2)c1. The standard InChI is InChI=1S/C16H17N3O/c17-15-9-14(15)10-4-6-12(7-5-10)19-13-3-1-2-11(8-13)16(18)20/h1-8,14-15,19H,9,17H2,(H2,18,20)/t14-,15+/m1/s1. The van der Waals surface area contributed by atoms with Crippen LogP contribution in [0.25, 0.3) is 0 Å². The molecule has 4 nitrogen and oxygen atoms in total. The number of carbonyl (C=O) groups is 1. The number of nitrogens with two attached hydrogens (primary N) is 2. The van der Waals surface area contributed by atoms with E-state index in [0.717, 1.165) is 17.8 Å². The van der Waals surface area contributed by atoms with Crippen molar-refractivity contribution in [3.05, 3.63) is 59.7 Å². The van der Waals surface area contributed by atoms with Crippen molar-refractivity contribution in [2.75, 3.05) is 5.32 Å². The third-order valence-corrected chi connectivity index (χ3v) is 3.61. The molecule has 1 saturated carbocycles. The Bertz CT molecular complexity index is 636. The van der Waals surface area contributed by atoms with Crippen molar-refractivity contribution in [3.8, 4) is 0 Å². The van der Waals surface area contributed by atoms with Crippen molar-refractivity contribution < 1.29 is 4.79 Å². The molecule has 1 aliphatic rings. The van der Waals surface area contributed by atoms with Gasteiger partial charge in [0.05, 0.1) is 0 Å². The third kappa shape index (κ3) is 2.65. The van der Waals surface area contributed by atoms with Crippen LogP contribution in [0.4, 0.5) is 11.4 Å². The van der Waals surface area contributed by atoms with Crippen molar-refractivity contribution in [1.29, 1.82) is 0 Å². The molecule has 0 bridgehead atoms. The van der Waals surface area contributed by atoms with Gasteiger partial charge in [0.1, 0.15) is 0 Å². The monoisotopic (exact) mass is 267 g/mol. The molecular weight excluding hydrogens is 250 g/mol. The molecule has 0 heterocycles. The van der Waals surface area contributed by atoms with Crippen LogP contribution in [0.3, 0.4) is 0 Å². The number of carbonyl (C=O) groups excluding carboxylic acids is 1. The fraction of sp³-hybridized carbons (Fsp3) is 0.188. The summed E-state index contributed by atoms with van der Waals surface area (Å²) in [6.45, 7) is 0. The summed E-state index contributed by atoms with van der Waals surface area (Å²) >= 11 is 0. The molecule has 2 atom stereocenters. The van der Waals surface area contributed by atoms with E-state index in [4.69, 9.17) is 11.5 Å². The van der Waals surface area contributed by atoms with Gasteiger partial charge in [-0.1, -0.05) is 18.2 Å². The van der Waals surface area contributed by atoms with E-state index in [9.17, 15) is 4.79 Å². The van der Waals surface area contributed by atoms with Crippen LogP contribution in [0.5, 0.6) is 0 Å². The number of primary amides is 1. The first-order valence-corrected chi connectivity index (χ1v) is 6.66. The van der Waals surface area contributed by atoms with Gasteiger partial charge < -0.3 is 16.8 Å². The molecule has 3 rings (SSSR count). The molecule has 4 heteroatoms. The van der Waals surface area contributed by atoms with Crippen LogP contribution in [-0.4, -0.2) is 11.9 Å². The predicted molar refractivity (Wildman–Crippen MR) is 80.0 cm³/mol. The van der Waals surface area contributed by atoms with Gasteiger partial charge in [-0.15, -0.1) is 0 Å². The largest absolute Gasteiger partial charge is 0.366 e. The summed E-state index contributed by atoms with van der Waals surface area (Å²) in [6.07, 6.45) is 1.08. The van der Waals surface area contributed by atoms with Crippen LogP contribution >= 0.6 is 0 Å². The van der Waals surface area contributed by atoms with E-state index in [1.165, 1.54) is 5.56 Å². The van der Waals surface area contributed by atoms with Gasteiger partial charge in [-0.2, -0.15) is 0 Å². The third-order valence-electron chi connectivity index (χ3n) is 3.61. The molecule has 0 spiro atoms. The van der Waals surface area contributed by atoms with E-state index in [1.54, 1.807) is 18.2 Å². The van der Waals surface area contributed by atoms with Gasteiger partial charge in [0.25, 0.3) is 0 Å². The van der Waals surface area contributed by atoms with Crippen molar-refractivity contribution >= 4 is 17.3 Å². The molecule has 0 aromatic heterocycles. The molecule has 1 amide bonds. The van der Waals surface area contributed by atoms with E-state index in [-0.39, 0.29) is 0 Å². The molecule has 0 aliphatic heterocycles. The number of amides is 1. The van der Waals surface area contributed by atoms with Gasteiger partial charge in [0.15, 0.2) is 0 Å². The zero-order valence-corrected chi connectivity index (χ0v) is 11.0. The fourth-order valence-corrected chi connectivity index (χ4v) is 2.33. The van der Waals surface area contributed by atoms with Crippen LogP contribution in [0.2, 0.25) is 0 Å². The number of benzene rings is 2. The Morgan fingerprint density at radius 3 is 2.40 bits per heavy atom. The van der Waals surface area contributed by atoms with Gasteiger partial charge in [-0.25, -0.2) is 0 Å². The maximum atomic E-state index is 11.1. The summed E-state index contributed by atoms with van der Waals surface area (Å²) in [5, 5.41) is 3.26. The molecule has 102 valence electrons. The van der Waals surface area contributed by atoms with Crippen molar-refractivity contribution in [3.63, 3.8) is 0 Å². The van der Waals surface area contributed by atoms with Gasteiger partial charge in [-0.05, 0) is 42.3 Å². The number of hydrogen-bond donors (Lipinski definition) is 3. The molecule has 1 fully saturated rings. The van der Waals surface area contributed by atoms with E-state index in [1.807, 2.05) is 18.2 Å². The van der Waals surface area contributed by atoms with Gasteiger partial charge in [0, 0.05) is 28.9 Å². The van der Waals surface area contributed by atoms with Crippen LogP contribution in [0.1, 0.15) is 28.3 Å². The Balaban J connectivity index is 1.74. The van der Waals surface area contributed by atoms with Gasteiger partial charge in [-0.3, -0.25) is 4.79 Å². The first-order chi connectivity index (χ1) is 9.63.